The number of hydrogen-bond acceptors (Lipinski definition) is 3. The summed E-state index contributed by atoms with van der Waals surface area (Å²) >= 11 is 2.77. The molecule has 0 N–H and O–H groups in total. The molecule has 4 heteroatoms. The van der Waals surface area contributed by atoms with Crippen LogP contribution in [0.25, 0.3) is 0 Å². The van der Waals surface area contributed by atoms with Crippen LogP contribution in [0.3, 0.4) is 0 Å². The smallest absolute Gasteiger partial charge is 0.106 e. The van der Waals surface area contributed by atoms with Crippen molar-refractivity contribution in [1.29, 1.82) is 0 Å². The van der Waals surface area contributed by atoms with Crippen molar-refractivity contribution in [2.45, 2.75) is 20.8 Å². The first kappa shape index (κ1) is 7.44. The summed E-state index contributed by atoms with van der Waals surface area (Å²) in [4.78, 5) is 0. The van der Waals surface area contributed by atoms with Crippen molar-refractivity contribution in [1.82, 2.24) is 4.13 Å². The minimum absolute atomic E-state index is 0.178. The zero-order chi connectivity index (χ0) is 6.91. The Hall–Kier alpha value is 0.330. The van der Waals surface area contributed by atoms with Crippen molar-refractivity contribution in [3.63, 3.8) is 0 Å². The van der Waals surface area contributed by atoms with Gasteiger partial charge in [0, 0.05) is 17.4 Å². The van der Waals surface area contributed by atoms with Crippen molar-refractivity contribution >= 4 is 29.1 Å². The molecular formula is C5H9N2S2. The van der Waals surface area contributed by atoms with Crippen LogP contribution >= 0.6 is 24.1 Å². The monoisotopic (exact) mass is 161 g/mol. The second-order valence-electron chi connectivity index (χ2n) is 2.89. The van der Waals surface area contributed by atoms with Gasteiger partial charge in [-0.25, -0.2) is 0 Å². The Morgan fingerprint density at radius 2 is 2.00 bits per heavy atom. The van der Waals surface area contributed by atoms with E-state index in [2.05, 4.69) is 29.3 Å². The van der Waals surface area contributed by atoms with Gasteiger partial charge in [0.2, 0.25) is 0 Å². The molecule has 0 atom stereocenters. The molecule has 0 aliphatic carbocycles. The molecule has 0 amide bonds. The van der Waals surface area contributed by atoms with Gasteiger partial charge >= 0.3 is 0 Å². The number of hydrogen-bond donors (Lipinski definition) is 0. The SMILES string of the molecule is CC(C)(C)C1=NS[N]S1. The molecule has 0 aromatic carbocycles. The zero-order valence-corrected chi connectivity index (χ0v) is 7.34. The van der Waals surface area contributed by atoms with E-state index in [1.54, 1.807) is 0 Å². The molecule has 0 spiro atoms. The fourth-order valence-corrected chi connectivity index (χ4v) is 1.80. The first-order valence-corrected chi connectivity index (χ1v) is 4.23. The standard InChI is InChI=1S/C5H9N2S2/c1-5(2,3)4-6-9-7-8-4/h1-3H3. The number of rotatable bonds is 0. The minimum Gasteiger partial charge on any atom is -0.194 e. The fourth-order valence-electron chi connectivity index (χ4n) is 0.396. The van der Waals surface area contributed by atoms with E-state index >= 15 is 0 Å². The summed E-state index contributed by atoms with van der Waals surface area (Å²) in [6.07, 6.45) is 0. The molecule has 0 saturated heterocycles. The lowest BCUT2D eigenvalue weighted by Crippen LogP contribution is -2.14. The Labute approximate surface area is 64.3 Å². The van der Waals surface area contributed by atoms with Crippen molar-refractivity contribution in [3.8, 4) is 0 Å². The first-order chi connectivity index (χ1) is 4.11. The third-order valence-electron chi connectivity index (χ3n) is 0.922. The predicted molar refractivity (Wildman–Crippen MR) is 44.2 cm³/mol. The van der Waals surface area contributed by atoms with Gasteiger partial charge in [0.05, 0.1) is 12.1 Å². The maximum Gasteiger partial charge on any atom is 0.106 e. The van der Waals surface area contributed by atoms with Crippen LogP contribution in [0.15, 0.2) is 4.40 Å². The van der Waals surface area contributed by atoms with Crippen LogP contribution in [0.5, 0.6) is 0 Å². The van der Waals surface area contributed by atoms with Crippen molar-refractivity contribution in [2.24, 2.45) is 9.81 Å². The van der Waals surface area contributed by atoms with E-state index in [-0.39, 0.29) is 5.41 Å². The summed E-state index contributed by atoms with van der Waals surface area (Å²) < 4.78 is 8.10. The quantitative estimate of drug-likeness (QED) is 0.509. The van der Waals surface area contributed by atoms with Crippen LogP contribution in [-0.2, 0) is 0 Å². The van der Waals surface area contributed by atoms with Gasteiger partial charge in [-0.3, -0.25) is 0 Å². The molecule has 9 heavy (non-hydrogen) atoms. The molecule has 0 unspecified atom stereocenters. The van der Waals surface area contributed by atoms with Gasteiger partial charge in [0.15, 0.2) is 0 Å². The van der Waals surface area contributed by atoms with Crippen molar-refractivity contribution in [3.05, 3.63) is 0 Å². The lowest BCUT2D eigenvalue weighted by atomic mass is 9.99. The molecule has 1 aliphatic heterocycles. The van der Waals surface area contributed by atoms with Gasteiger partial charge in [-0.2, -0.15) is 4.40 Å². The molecule has 1 radical (unpaired) electrons. The first-order valence-electron chi connectivity index (χ1n) is 2.73. The molecule has 2 nitrogen and oxygen atoms in total. The van der Waals surface area contributed by atoms with Gasteiger partial charge in [-0.15, -0.1) is 0 Å². The third-order valence-corrected chi connectivity index (χ3v) is 2.74. The summed E-state index contributed by atoms with van der Waals surface area (Å²) in [6, 6.07) is 0. The summed E-state index contributed by atoms with van der Waals surface area (Å²) in [5, 5.41) is 1.12. The predicted octanol–water partition coefficient (Wildman–Crippen LogP) is 2.26. The molecule has 0 bridgehead atoms. The molecule has 1 heterocycles. The van der Waals surface area contributed by atoms with Gasteiger partial charge in [-0.05, 0) is 0 Å². The van der Waals surface area contributed by atoms with Crippen LogP contribution in [0.1, 0.15) is 20.8 Å². The highest BCUT2D eigenvalue weighted by Gasteiger charge is 2.23. The Morgan fingerprint density at radius 1 is 1.33 bits per heavy atom. The van der Waals surface area contributed by atoms with Crippen LogP contribution in [-0.4, -0.2) is 5.04 Å². The lowest BCUT2D eigenvalue weighted by molar-refractivity contribution is 0.603. The Bertz CT molecular complexity index is 136. The van der Waals surface area contributed by atoms with Crippen LogP contribution in [0.2, 0.25) is 0 Å². The van der Waals surface area contributed by atoms with Crippen LogP contribution in [0, 0.1) is 5.41 Å². The number of nitrogens with zero attached hydrogens (tertiary/aromatic N) is 2. The van der Waals surface area contributed by atoms with E-state index < -0.39 is 0 Å². The third kappa shape index (κ3) is 1.88. The highest BCUT2D eigenvalue weighted by molar-refractivity contribution is 8.24. The van der Waals surface area contributed by atoms with Gasteiger partial charge < -0.3 is 0 Å². The Kier molecular flexibility index (Phi) is 2.08. The summed E-state index contributed by atoms with van der Waals surface area (Å²) in [5.74, 6) is 0. The van der Waals surface area contributed by atoms with Gasteiger partial charge in [0.1, 0.15) is 5.04 Å². The maximum absolute atomic E-state index is 4.14. The molecule has 0 aromatic heterocycles. The molecule has 0 saturated carbocycles. The largest absolute Gasteiger partial charge is 0.194 e. The topological polar surface area (TPSA) is 26.5 Å². The Morgan fingerprint density at radius 3 is 2.22 bits per heavy atom. The van der Waals surface area contributed by atoms with E-state index in [9.17, 15) is 0 Å². The average Bonchev–Trinajstić information content (AvgIpc) is 2.08. The van der Waals surface area contributed by atoms with Gasteiger partial charge in [-0.1, -0.05) is 24.9 Å². The summed E-state index contributed by atoms with van der Waals surface area (Å²) in [5.41, 5.74) is 0.178. The van der Waals surface area contributed by atoms with Crippen molar-refractivity contribution < 1.29 is 0 Å². The zero-order valence-electron chi connectivity index (χ0n) is 5.71. The molecule has 1 rings (SSSR count). The maximum atomic E-state index is 4.14. The minimum atomic E-state index is 0.178. The van der Waals surface area contributed by atoms with E-state index in [1.807, 2.05) is 0 Å². The van der Waals surface area contributed by atoms with E-state index in [4.69, 9.17) is 0 Å². The van der Waals surface area contributed by atoms with E-state index in [0.717, 1.165) is 5.04 Å². The molecule has 51 valence electrons. The van der Waals surface area contributed by atoms with Crippen LogP contribution in [0.4, 0.5) is 0 Å². The van der Waals surface area contributed by atoms with E-state index in [1.165, 1.54) is 24.1 Å². The molecule has 1 aliphatic rings. The summed E-state index contributed by atoms with van der Waals surface area (Å²) in [6.45, 7) is 6.42. The van der Waals surface area contributed by atoms with E-state index in [0.29, 0.717) is 0 Å². The second kappa shape index (κ2) is 2.52. The molecule has 0 aromatic rings. The Balaban J connectivity index is 2.61. The highest BCUT2D eigenvalue weighted by atomic mass is 32.2. The van der Waals surface area contributed by atoms with Crippen molar-refractivity contribution in [2.75, 3.05) is 0 Å². The lowest BCUT2D eigenvalue weighted by Gasteiger charge is -2.14. The highest BCUT2D eigenvalue weighted by Crippen LogP contribution is 2.31. The molecule has 0 fully saturated rings. The van der Waals surface area contributed by atoms with Gasteiger partial charge in [0.25, 0.3) is 0 Å². The summed E-state index contributed by atoms with van der Waals surface area (Å²) in [7, 11) is 0. The molecular weight excluding hydrogens is 152 g/mol. The normalized spacial score (nSPS) is 20.1. The second-order valence-corrected chi connectivity index (χ2v) is 4.41. The average molecular weight is 161 g/mol. The fraction of sp³-hybridized carbons (Fsp3) is 0.800. The van der Waals surface area contributed by atoms with Crippen LogP contribution < -0.4 is 4.13 Å².